The molecule has 2 atom stereocenters. The van der Waals surface area contributed by atoms with Crippen molar-refractivity contribution in [3.05, 3.63) is 65.2 Å². The predicted molar refractivity (Wildman–Crippen MR) is 93.7 cm³/mol. The van der Waals surface area contributed by atoms with E-state index >= 15 is 0 Å². The number of nitrogens with zero attached hydrogens (tertiary/aromatic N) is 1. The lowest BCUT2D eigenvalue weighted by Gasteiger charge is -2.33. The first-order valence-corrected chi connectivity index (χ1v) is 7.91. The molecule has 0 aliphatic carbocycles. The van der Waals surface area contributed by atoms with Crippen LogP contribution in [0.4, 0.5) is 5.69 Å². The normalized spacial score (nSPS) is 13.2. The van der Waals surface area contributed by atoms with Gasteiger partial charge in [-0.05, 0) is 36.8 Å². The second kappa shape index (κ2) is 7.99. The number of nitrogens with one attached hydrogen (secondary N) is 1. The summed E-state index contributed by atoms with van der Waals surface area (Å²) in [4.78, 5) is 14.0. The summed E-state index contributed by atoms with van der Waals surface area (Å²) in [5.74, 6) is -0.393. The van der Waals surface area contributed by atoms with Crippen LogP contribution in [0.1, 0.15) is 18.5 Å². The molecule has 0 spiro atoms. The number of likely N-dealkylation sites (N-methyl/N-ethyl adjacent to an activating group) is 2. The van der Waals surface area contributed by atoms with Crippen molar-refractivity contribution in [2.45, 2.75) is 19.1 Å². The third-order valence-electron chi connectivity index (χ3n) is 3.71. The zero-order valence-electron chi connectivity index (χ0n) is 13.2. The van der Waals surface area contributed by atoms with E-state index in [1.165, 1.54) is 0 Å². The van der Waals surface area contributed by atoms with Crippen LogP contribution >= 0.6 is 11.6 Å². The zero-order chi connectivity index (χ0) is 16.8. The molecular formula is C18H21ClN2O2. The van der Waals surface area contributed by atoms with Gasteiger partial charge >= 0.3 is 0 Å². The highest BCUT2D eigenvalue weighted by molar-refractivity contribution is 6.30. The summed E-state index contributed by atoms with van der Waals surface area (Å²) in [7, 11) is 1.86. The van der Waals surface area contributed by atoms with E-state index in [1.807, 2.05) is 61.3 Å². The van der Waals surface area contributed by atoms with Gasteiger partial charge in [-0.3, -0.25) is 4.79 Å². The molecule has 0 saturated carbocycles. The molecule has 0 aliphatic heterocycles. The molecule has 0 fully saturated rings. The zero-order valence-corrected chi connectivity index (χ0v) is 14.0. The van der Waals surface area contributed by atoms with E-state index in [1.54, 1.807) is 12.1 Å². The molecule has 0 aromatic heterocycles. The average Bonchev–Trinajstić information content (AvgIpc) is 2.57. The van der Waals surface area contributed by atoms with E-state index in [2.05, 4.69) is 5.32 Å². The summed E-state index contributed by atoms with van der Waals surface area (Å²) >= 11 is 5.95. The number of hydrogen-bond donors (Lipinski definition) is 2. The fraction of sp³-hybridized carbons (Fsp3) is 0.278. The standard InChI is InChI=1S/C18H21ClN2O2/c1-3-20-18(23)17(22)16(13-9-11-14(19)12-10-13)21(2)15-7-5-4-6-8-15/h4-12,16-17,22H,3H2,1-2H3,(H,20,23). The van der Waals surface area contributed by atoms with Crippen LogP contribution in [0.2, 0.25) is 5.02 Å². The number of aliphatic hydroxyl groups is 1. The average molecular weight is 333 g/mol. The van der Waals surface area contributed by atoms with Gasteiger partial charge in [0.25, 0.3) is 5.91 Å². The SMILES string of the molecule is CCNC(=O)C(O)C(c1ccc(Cl)cc1)N(C)c1ccccc1. The Bertz CT molecular complexity index is 631. The number of hydrogen-bond acceptors (Lipinski definition) is 3. The molecule has 2 rings (SSSR count). The highest BCUT2D eigenvalue weighted by atomic mass is 35.5. The Morgan fingerprint density at radius 1 is 1.17 bits per heavy atom. The number of aliphatic hydroxyl groups excluding tert-OH is 1. The molecule has 0 bridgehead atoms. The Hall–Kier alpha value is -2.04. The molecule has 0 aliphatic rings. The molecule has 0 saturated heterocycles. The van der Waals surface area contributed by atoms with Crippen LogP contribution in [-0.4, -0.2) is 30.7 Å². The molecule has 0 radical (unpaired) electrons. The van der Waals surface area contributed by atoms with Crippen LogP contribution in [0, 0.1) is 0 Å². The van der Waals surface area contributed by atoms with Gasteiger partial charge in [-0.2, -0.15) is 0 Å². The Kier molecular flexibility index (Phi) is 6.02. The summed E-state index contributed by atoms with van der Waals surface area (Å²) in [5.41, 5.74) is 1.73. The third kappa shape index (κ3) is 4.24. The van der Waals surface area contributed by atoms with E-state index in [9.17, 15) is 9.90 Å². The molecular weight excluding hydrogens is 312 g/mol. The highest BCUT2D eigenvalue weighted by Gasteiger charge is 2.31. The van der Waals surface area contributed by atoms with E-state index in [4.69, 9.17) is 11.6 Å². The van der Waals surface area contributed by atoms with Gasteiger partial charge in [-0.25, -0.2) is 0 Å². The van der Waals surface area contributed by atoms with Gasteiger partial charge in [0, 0.05) is 24.3 Å². The monoisotopic (exact) mass is 332 g/mol. The van der Waals surface area contributed by atoms with Crippen molar-refractivity contribution in [3.8, 4) is 0 Å². The van der Waals surface area contributed by atoms with Crippen LogP contribution in [0.3, 0.4) is 0 Å². The topological polar surface area (TPSA) is 52.6 Å². The molecule has 0 heterocycles. The van der Waals surface area contributed by atoms with Crippen molar-refractivity contribution in [1.82, 2.24) is 5.32 Å². The van der Waals surface area contributed by atoms with Gasteiger partial charge in [0.1, 0.15) is 0 Å². The molecule has 1 amide bonds. The fourth-order valence-electron chi connectivity index (χ4n) is 2.52. The maximum atomic E-state index is 12.1. The van der Waals surface area contributed by atoms with Crippen molar-refractivity contribution in [2.24, 2.45) is 0 Å². The largest absolute Gasteiger partial charge is 0.381 e. The summed E-state index contributed by atoms with van der Waals surface area (Å²) in [6.07, 6.45) is -1.19. The first-order chi connectivity index (χ1) is 11.0. The number of carbonyl (C=O) groups is 1. The maximum Gasteiger partial charge on any atom is 0.251 e. The van der Waals surface area contributed by atoms with E-state index in [0.717, 1.165) is 11.3 Å². The van der Waals surface area contributed by atoms with Crippen molar-refractivity contribution >= 4 is 23.2 Å². The van der Waals surface area contributed by atoms with Gasteiger partial charge in [0.2, 0.25) is 0 Å². The minimum absolute atomic E-state index is 0.393. The van der Waals surface area contributed by atoms with Crippen molar-refractivity contribution in [3.63, 3.8) is 0 Å². The quantitative estimate of drug-likeness (QED) is 0.855. The Morgan fingerprint density at radius 3 is 2.35 bits per heavy atom. The van der Waals surface area contributed by atoms with Crippen molar-refractivity contribution in [1.29, 1.82) is 0 Å². The molecule has 2 unspecified atom stereocenters. The Morgan fingerprint density at radius 2 is 1.78 bits per heavy atom. The summed E-state index contributed by atoms with van der Waals surface area (Å²) < 4.78 is 0. The number of amides is 1. The summed E-state index contributed by atoms with van der Waals surface area (Å²) in [6, 6.07) is 16.3. The van der Waals surface area contributed by atoms with Crippen LogP contribution in [-0.2, 0) is 4.79 Å². The van der Waals surface area contributed by atoms with Gasteiger partial charge in [-0.15, -0.1) is 0 Å². The van der Waals surface area contributed by atoms with Crippen molar-refractivity contribution in [2.75, 3.05) is 18.5 Å². The second-order valence-electron chi connectivity index (χ2n) is 5.28. The number of carbonyl (C=O) groups excluding carboxylic acids is 1. The van der Waals surface area contributed by atoms with Crippen molar-refractivity contribution < 1.29 is 9.90 Å². The number of para-hydroxylation sites is 1. The van der Waals surface area contributed by atoms with E-state index < -0.39 is 18.1 Å². The van der Waals surface area contributed by atoms with Gasteiger partial charge in [0.15, 0.2) is 6.10 Å². The molecule has 23 heavy (non-hydrogen) atoms. The number of benzene rings is 2. The van der Waals surface area contributed by atoms with Gasteiger partial charge in [-0.1, -0.05) is 41.9 Å². The predicted octanol–water partition coefficient (Wildman–Crippen LogP) is 3.01. The third-order valence-corrected chi connectivity index (χ3v) is 3.96. The molecule has 2 aromatic carbocycles. The number of halogens is 1. The van der Waals surface area contributed by atoms with E-state index in [-0.39, 0.29) is 0 Å². The minimum atomic E-state index is -1.19. The van der Waals surface area contributed by atoms with Gasteiger partial charge < -0.3 is 15.3 Å². The fourth-order valence-corrected chi connectivity index (χ4v) is 2.65. The van der Waals surface area contributed by atoms with E-state index in [0.29, 0.717) is 11.6 Å². The smallest absolute Gasteiger partial charge is 0.251 e. The lowest BCUT2D eigenvalue weighted by molar-refractivity contribution is -0.130. The number of anilines is 1. The molecule has 4 nitrogen and oxygen atoms in total. The highest BCUT2D eigenvalue weighted by Crippen LogP contribution is 2.29. The minimum Gasteiger partial charge on any atom is -0.381 e. The Balaban J connectivity index is 2.38. The van der Waals surface area contributed by atoms with Gasteiger partial charge in [0.05, 0.1) is 6.04 Å². The van der Waals surface area contributed by atoms with Crippen LogP contribution in [0.15, 0.2) is 54.6 Å². The second-order valence-corrected chi connectivity index (χ2v) is 5.72. The first kappa shape index (κ1) is 17.3. The van der Waals surface area contributed by atoms with Crippen LogP contribution in [0.25, 0.3) is 0 Å². The summed E-state index contributed by atoms with van der Waals surface area (Å²) in [6.45, 7) is 2.29. The lowest BCUT2D eigenvalue weighted by Crippen LogP contribution is -2.44. The molecule has 5 heteroatoms. The summed E-state index contributed by atoms with van der Waals surface area (Å²) in [5, 5.41) is 13.9. The van der Waals surface area contributed by atoms with Crippen LogP contribution in [0.5, 0.6) is 0 Å². The Labute approximate surface area is 141 Å². The molecule has 2 aromatic rings. The maximum absolute atomic E-state index is 12.1. The first-order valence-electron chi connectivity index (χ1n) is 7.53. The molecule has 122 valence electrons. The lowest BCUT2D eigenvalue weighted by atomic mass is 9.98. The van der Waals surface area contributed by atoms with Crippen LogP contribution < -0.4 is 10.2 Å². The number of rotatable bonds is 6. The molecule has 2 N–H and O–H groups in total.